The second-order valence-corrected chi connectivity index (χ2v) is 1.88. The van der Waals surface area contributed by atoms with Crippen molar-refractivity contribution in [2.45, 2.75) is 20.3 Å². The van der Waals surface area contributed by atoms with E-state index in [1.807, 2.05) is 6.92 Å². The molecule has 0 fully saturated rings. The molecule has 0 aromatic heterocycles. The Labute approximate surface area is 51.4 Å². The minimum atomic E-state index is 0.843. The lowest BCUT2D eigenvalue weighted by Gasteiger charge is -1.96. The molecule has 48 valence electrons. The average molecular weight is 114 g/mol. The second-order valence-electron chi connectivity index (χ2n) is 1.88. The molecule has 0 amide bonds. The van der Waals surface area contributed by atoms with E-state index in [0.29, 0.717) is 0 Å². The Morgan fingerprint density at radius 1 is 1.62 bits per heavy atom. The van der Waals surface area contributed by atoms with Gasteiger partial charge in [-0.25, -0.2) is 0 Å². The minimum Gasteiger partial charge on any atom is -0.384 e. The van der Waals surface area contributed by atoms with Crippen molar-refractivity contribution in [2.75, 3.05) is 13.7 Å². The summed E-state index contributed by atoms with van der Waals surface area (Å²) in [5, 5.41) is 0. The van der Waals surface area contributed by atoms with Gasteiger partial charge in [-0.15, -0.1) is 0 Å². The molecule has 0 aliphatic carbocycles. The summed E-state index contributed by atoms with van der Waals surface area (Å²) in [7, 11) is 1.73. The van der Waals surface area contributed by atoms with Crippen LogP contribution < -0.4 is 0 Å². The Bertz CT molecular complexity index is 74.5. The van der Waals surface area contributed by atoms with E-state index in [9.17, 15) is 0 Å². The molecule has 8 heavy (non-hydrogen) atoms. The zero-order valence-corrected chi connectivity index (χ0v) is 5.90. The lowest BCUT2D eigenvalue weighted by Crippen LogP contribution is -1.87. The molecule has 0 heterocycles. The van der Waals surface area contributed by atoms with Crippen LogP contribution in [0.25, 0.3) is 0 Å². The third kappa shape index (κ3) is 3.88. The molecule has 0 aromatic rings. The molecule has 0 radical (unpaired) electrons. The van der Waals surface area contributed by atoms with Crippen molar-refractivity contribution < 1.29 is 4.74 Å². The molecule has 0 bridgehead atoms. The van der Waals surface area contributed by atoms with Crippen LogP contribution >= 0.6 is 0 Å². The average Bonchev–Trinajstić information content (AvgIpc) is 1.83. The third-order valence-electron chi connectivity index (χ3n) is 1.19. The van der Waals surface area contributed by atoms with Crippen LogP contribution in [-0.2, 0) is 4.74 Å². The van der Waals surface area contributed by atoms with E-state index in [1.54, 1.807) is 7.11 Å². The summed E-state index contributed by atoms with van der Waals surface area (Å²) >= 11 is 0. The largest absolute Gasteiger partial charge is 0.384 e. The van der Waals surface area contributed by atoms with Crippen molar-refractivity contribution in [3.8, 4) is 0 Å². The first-order chi connectivity index (χ1) is 3.81. The van der Waals surface area contributed by atoms with Gasteiger partial charge in [-0.2, -0.15) is 0 Å². The van der Waals surface area contributed by atoms with Crippen LogP contribution in [0.15, 0.2) is 11.6 Å². The Kier molecular flexibility index (Phi) is 4.67. The van der Waals surface area contributed by atoms with E-state index in [4.69, 9.17) is 4.74 Å². The van der Waals surface area contributed by atoms with Crippen LogP contribution in [0.5, 0.6) is 0 Å². The smallest absolute Gasteiger partial charge is 0.0499 e. The lowest BCUT2D eigenvalue weighted by molar-refractivity contribution is 0.202. The van der Waals surface area contributed by atoms with Gasteiger partial charge in [-0.05, 0) is 20.3 Å². The van der Waals surface area contributed by atoms with Crippen LogP contribution in [0, 0.1) is 0 Å². The topological polar surface area (TPSA) is 9.23 Å². The summed E-state index contributed by atoms with van der Waals surface area (Å²) in [5.41, 5.74) is 1.40. The Morgan fingerprint density at radius 2 is 2.25 bits per heavy atom. The Hall–Kier alpha value is -0.300. The van der Waals surface area contributed by atoms with Gasteiger partial charge in [0.05, 0.1) is 0 Å². The Morgan fingerprint density at radius 3 is 2.62 bits per heavy atom. The van der Waals surface area contributed by atoms with Gasteiger partial charge in [-0.1, -0.05) is 11.6 Å². The number of allylic oxidation sites excluding steroid dienone is 1. The van der Waals surface area contributed by atoms with E-state index in [0.717, 1.165) is 13.0 Å². The SMILES string of the molecule is C/C=C(\C)CCOC. The molecular formula is C7H14O. The van der Waals surface area contributed by atoms with Crippen molar-refractivity contribution >= 4 is 0 Å². The van der Waals surface area contributed by atoms with Gasteiger partial charge in [0.15, 0.2) is 0 Å². The maximum atomic E-state index is 4.87. The van der Waals surface area contributed by atoms with Gasteiger partial charge < -0.3 is 4.74 Å². The summed E-state index contributed by atoms with van der Waals surface area (Å²) < 4.78 is 4.87. The first-order valence-electron chi connectivity index (χ1n) is 2.92. The molecular weight excluding hydrogens is 100 g/mol. The van der Waals surface area contributed by atoms with Gasteiger partial charge in [-0.3, -0.25) is 0 Å². The number of methoxy groups -OCH3 is 1. The second kappa shape index (κ2) is 4.85. The van der Waals surface area contributed by atoms with Gasteiger partial charge in [0, 0.05) is 13.7 Å². The van der Waals surface area contributed by atoms with Crippen LogP contribution in [0.4, 0.5) is 0 Å². The molecule has 1 nitrogen and oxygen atoms in total. The van der Waals surface area contributed by atoms with Gasteiger partial charge >= 0.3 is 0 Å². The summed E-state index contributed by atoms with van der Waals surface area (Å²) in [5.74, 6) is 0. The molecule has 0 atom stereocenters. The highest BCUT2D eigenvalue weighted by Gasteiger charge is 1.83. The fourth-order valence-electron chi connectivity index (χ4n) is 0.407. The zero-order chi connectivity index (χ0) is 6.41. The van der Waals surface area contributed by atoms with Gasteiger partial charge in [0.25, 0.3) is 0 Å². The molecule has 0 spiro atoms. The van der Waals surface area contributed by atoms with E-state index in [2.05, 4.69) is 13.0 Å². The predicted molar refractivity (Wildman–Crippen MR) is 35.9 cm³/mol. The highest BCUT2D eigenvalue weighted by atomic mass is 16.5. The van der Waals surface area contributed by atoms with E-state index in [-0.39, 0.29) is 0 Å². The van der Waals surface area contributed by atoms with Crippen molar-refractivity contribution in [2.24, 2.45) is 0 Å². The summed E-state index contributed by atoms with van der Waals surface area (Å²) in [6.45, 7) is 5.00. The highest BCUT2D eigenvalue weighted by Crippen LogP contribution is 1.97. The maximum absolute atomic E-state index is 4.87. The summed E-state index contributed by atoms with van der Waals surface area (Å²) in [6.07, 6.45) is 3.17. The van der Waals surface area contributed by atoms with E-state index in [1.165, 1.54) is 5.57 Å². The summed E-state index contributed by atoms with van der Waals surface area (Å²) in [6, 6.07) is 0. The fraction of sp³-hybridized carbons (Fsp3) is 0.714. The van der Waals surface area contributed by atoms with Crippen LogP contribution in [0.2, 0.25) is 0 Å². The molecule has 0 aromatic carbocycles. The molecule has 0 unspecified atom stereocenters. The Balaban J connectivity index is 3.12. The third-order valence-corrected chi connectivity index (χ3v) is 1.19. The van der Waals surface area contributed by atoms with Crippen molar-refractivity contribution in [3.63, 3.8) is 0 Å². The molecule has 0 saturated heterocycles. The number of hydrogen-bond donors (Lipinski definition) is 0. The van der Waals surface area contributed by atoms with Crippen molar-refractivity contribution in [3.05, 3.63) is 11.6 Å². The molecule has 0 N–H and O–H groups in total. The van der Waals surface area contributed by atoms with Gasteiger partial charge in [0.1, 0.15) is 0 Å². The number of rotatable bonds is 3. The quantitative estimate of drug-likeness (QED) is 0.510. The van der Waals surface area contributed by atoms with Crippen LogP contribution in [0.3, 0.4) is 0 Å². The minimum absolute atomic E-state index is 0.843. The molecule has 0 aliphatic heterocycles. The maximum Gasteiger partial charge on any atom is 0.0499 e. The van der Waals surface area contributed by atoms with Crippen LogP contribution in [-0.4, -0.2) is 13.7 Å². The normalized spacial score (nSPS) is 12.1. The van der Waals surface area contributed by atoms with Crippen molar-refractivity contribution in [1.29, 1.82) is 0 Å². The lowest BCUT2D eigenvalue weighted by atomic mass is 10.2. The number of ether oxygens (including phenoxy) is 1. The van der Waals surface area contributed by atoms with E-state index >= 15 is 0 Å². The summed E-state index contributed by atoms with van der Waals surface area (Å²) in [4.78, 5) is 0. The van der Waals surface area contributed by atoms with E-state index < -0.39 is 0 Å². The molecule has 0 aliphatic rings. The zero-order valence-electron chi connectivity index (χ0n) is 5.90. The fourth-order valence-corrected chi connectivity index (χ4v) is 0.407. The van der Waals surface area contributed by atoms with Gasteiger partial charge in [0.2, 0.25) is 0 Å². The molecule has 0 rings (SSSR count). The molecule has 0 saturated carbocycles. The highest BCUT2D eigenvalue weighted by molar-refractivity contribution is 4.94. The van der Waals surface area contributed by atoms with Crippen molar-refractivity contribution in [1.82, 2.24) is 0 Å². The molecule has 1 heteroatoms. The number of hydrogen-bond acceptors (Lipinski definition) is 1. The predicted octanol–water partition coefficient (Wildman–Crippen LogP) is 1.99. The first kappa shape index (κ1) is 7.70. The monoisotopic (exact) mass is 114 g/mol. The first-order valence-corrected chi connectivity index (χ1v) is 2.92. The standard InChI is InChI=1S/C7H14O/c1-4-7(2)5-6-8-3/h4H,5-6H2,1-3H3/b7-4+. The van der Waals surface area contributed by atoms with Crippen LogP contribution in [0.1, 0.15) is 20.3 Å².